The van der Waals surface area contributed by atoms with E-state index in [2.05, 4.69) is 27.7 Å². The van der Waals surface area contributed by atoms with E-state index in [0.29, 0.717) is 24.4 Å². The zero-order valence-electron chi connectivity index (χ0n) is 16.3. The van der Waals surface area contributed by atoms with E-state index in [1.165, 1.54) is 24.1 Å². The molecule has 1 aromatic rings. The molecule has 1 aromatic heterocycles. The molecular formula is C20H33Cl2N3O2S. The first kappa shape index (κ1) is 23.9. The van der Waals surface area contributed by atoms with Gasteiger partial charge in [0, 0.05) is 36.5 Å². The molecule has 0 radical (unpaired) electrons. The van der Waals surface area contributed by atoms with Crippen LogP contribution >= 0.6 is 36.2 Å². The summed E-state index contributed by atoms with van der Waals surface area (Å²) >= 11 is 1.78. The van der Waals surface area contributed by atoms with E-state index in [1.807, 2.05) is 0 Å². The first-order chi connectivity index (χ1) is 12.7. The van der Waals surface area contributed by atoms with Crippen molar-refractivity contribution in [3.8, 4) is 0 Å². The Labute approximate surface area is 184 Å². The molecule has 1 saturated heterocycles. The monoisotopic (exact) mass is 449 g/mol. The lowest BCUT2D eigenvalue weighted by Crippen LogP contribution is -2.50. The minimum atomic E-state index is 0. The van der Waals surface area contributed by atoms with Crippen LogP contribution in [0.4, 0.5) is 0 Å². The molecule has 4 rings (SSSR count). The molecule has 2 bridgehead atoms. The summed E-state index contributed by atoms with van der Waals surface area (Å²) in [4.78, 5) is 16.7. The molecule has 3 unspecified atom stereocenters. The molecule has 3 N–H and O–H groups in total. The molecule has 3 fully saturated rings. The Bertz CT molecular complexity index is 584. The van der Waals surface area contributed by atoms with Crippen molar-refractivity contribution in [1.29, 1.82) is 0 Å². The van der Waals surface area contributed by atoms with Crippen molar-refractivity contribution in [2.45, 2.75) is 44.2 Å². The van der Waals surface area contributed by atoms with Crippen LogP contribution < -0.4 is 11.1 Å². The highest BCUT2D eigenvalue weighted by Gasteiger charge is 2.40. The number of morpholine rings is 1. The number of nitrogens with one attached hydrogen (secondary N) is 1. The summed E-state index contributed by atoms with van der Waals surface area (Å²) in [7, 11) is 0. The van der Waals surface area contributed by atoms with Crippen molar-refractivity contribution in [1.82, 2.24) is 10.2 Å². The fraction of sp³-hybridized carbons (Fsp3) is 0.750. The highest BCUT2D eigenvalue weighted by molar-refractivity contribution is 7.10. The Kier molecular flexibility index (Phi) is 9.51. The van der Waals surface area contributed by atoms with Gasteiger partial charge in [-0.3, -0.25) is 9.69 Å². The number of nitrogens with zero attached hydrogens (tertiary/aromatic N) is 1. The molecule has 28 heavy (non-hydrogen) atoms. The Morgan fingerprint density at radius 3 is 2.54 bits per heavy atom. The van der Waals surface area contributed by atoms with Crippen LogP contribution in [0.15, 0.2) is 17.5 Å². The summed E-state index contributed by atoms with van der Waals surface area (Å²) in [5, 5.41) is 5.41. The summed E-state index contributed by atoms with van der Waals surface area (Å²) in [6.07, 6.45) is 5.64. The number of carbonyl (C=O) groups is 1. The van der Waals surface area contributed by atoms with Gasteiger partial charge in [0.2, 0.25) is 5.91 Å². The van der Waals surface area contributed by atoms with E-state index < -0.39 is 0 Å². The standard InChI is InChI=1S/C20H31N3O2S.2ClH/c21-19-14-3-1-4-15(19)12-16(11-14)20(24)22-13-17(18-5-2-10-26-18)23-6-8-25-9-7-23;;/h2,5,10,14-17,19H,1,3-4,6-9,11-13,21H2,(H,22,24);2*1H. The van der Waals surface area contributed by atoms with Gasteiger partial charge in [-0.25, -0.2) is 0 Å². The molecule has 5 nitrogen and oxygen atoms in total. The summed E-state index contributed by atoms with van der Waals surface area (Å²) < 4.78 is 5.50. The third kappa shape index (κ3) is 5.41. The molecule has 8 heteroatoms. The number of halogens is 2. The maximum atomic E-state index is 12.9. The molecule has 3 aliphatic rings. The minimum Gasteiger partial charge on any atom is -0.379 e. The molecule has 2 aliphatic carbocycles. The lowest BCUT2D eigenvalue weighted by atomic mass is 9.65. The molecule has 0 aromatic carbocycles. The van der Waals surface area contributed by atoms with Crippen LogP contribution in [0.5, 0.6) is 0 Å². The SMILES string of the molecule is Cl.Cl.NC1C2CCCC1CC(C(=O)NCC(c1cccs1)N1CCOCC1)C2. The highest BCUT2D eigenvalue weighted by Crippen LogP contribution is 2.42. The van der Waals surface area contributed by atoms with Crippen molar-refractivity contribution < 1.29 is 9.53 Å². The van der Waals surface area contributed by atoms with Gasteiger partial charge in [-0.2, -0.15) is 0 Å². The maximum absolute atomic E-state index is 12.9. The second kappa shape index (κ2) is 11.1. The molecule has 1 amide bonds. The van der Waals surface area contributed by atoms with Crippen molar-refractivity contribution in [2.24, 2.45) is 23.5 Å². The maximum Gasteiger partial charge on any atom is 0.223 e. The van der Waals surface area contributed by atoms with Crippen molar-refractivity contribution >= 4 is 42.1 Å². The first-order valence-corrected chi connectivity index (χ1v) is 11.0. The van der Waals surface area contributed by atoms with Crippen LogP contribution in [-0.2, 0) is 9.53 Å². The number of rotatable bonds is 5. The number of ether oxygens (including phenoxy) is 1. The average molecular weight is 450 g/mol. The van der Waals surface area contributed by atoms with Crippen LogP contribution in [0.2, 0.25) is 0 Å². The fourth-order valence-corrected chi connectivity index (χ4v) is 5.99. The number of thiophene rings is 1. The van der Waals surface area contributed by atoms with Crippen LogP contribution in [0.1, 0.15) is 43.0 Å². The van der Waals surface area contributed by atoms with E-state index >= 15 is 0 Å². The van der Waals surface area contributed by atoms with Gasteiger partial charge in [0.1, 0.15) is 0 Å². The Balaban J connectivity index is 0.00000140. The fourth-order valence-electron chi connectivity index (χ4n) is 5.12. The molecule has 3 atom stereocenters. The van der Waals surface area contributed by atoms with E-state index in [4.69, 9.17) is 10.5 Å². The normalized spacial score (nSPS) is 31.2. The molecule has 1 aliphatic heterocycles. The Morgan fingerprint density at radius 1 is 1.25 bits per heavy atom. The number of fused-ring (bicyclic) bond motifs is 2. The van der Waals surface area contributed by atoms with Crippen LogP contribution in [0.25, 0.3) is 0 Å². The quantitative estimate of drug-likeness (QED) is 0.723. The number of hydrogen-bond acceptors (Lipinski definition) is 5. The van der Waals surface area contributed by atoms with Crippen LogP contribution in [0, 0.1) is 17.8 Å². The summed E-state index contributed by atoms with van der Waals surface area (Å²) in [5.41, 5.74) is 6.38. The summed E-state index contributed by atoms with van der Waals surface area (Å²) in [6.45, 7) is 4.11. The predicted octanol–water partition coefficient (Wildman–Crippen LogP) is 3.23. The van der Waals surface area contributed by atoms with Gasteiger partial charge in [-0.15, -0.1) is 36.2 Å². The van der Waals surface area contributed by atoms with E-state index in [-0.39, 0.29) is 42.7 Å². The lowest BCUT2D eigenvalue weighted by molar-refractivity contribution is -0.128. The van der Waals surface area contributed by atoms with Gasteiger partial charge in [0.05, 0.1) is 19.3 Å². The molecule has 2 saturated carbocycles. The second-order valence-electron chi connectivity index (χ2n) is 8.12. The van der Waals surface area contributed by atoms with E-state index in [9.17, 15) is 4.79 Å². The molecule has 160 valence electrons. The Hall–Kier alpha value is -0.370. The lowest BCUT2D eigenvalue weighted by Gasteiger charge is -2.43. The highest BCUT2D eigenvalue weighted by atomic mass is 35.5. The predicted molar refractivity (Wildman–Crippen MR) is 118 cm³/mol. The number of hydrogen-bond donors (Lipinski definition) is 2. The average Bonchev–Trinajstić information content (AvgIpc) is 3.17. The van der Waals surface area contributed by atoms with Crippen molar-refractivity contribution in [3.63, 3.8) is 0 Å². The minimum absolute atomic E-state index is 0. The summed E-state index contributed by atoms with van der Waals surface area (Å²) in [5.74, 6) is 1.48. The van der Waals surface area contributed by atoms with E-state index in [1.54, 1.807) is 11.3 Å². The van der Waals surface area contributed by atoms with Gasteiger partial charge in [-0.1, -0.05) is 12.5 Å². The van der Waals surface area contributed by atoms with Crippen LogP contribution in [-0.4, -0.2) is 49.7 Å². The van der Waals surface area contributed by atoms with Crippen LogP contribution in [0.3, 0.4) is 0 Å². The smallest absolute Gasteiger partial charge is 0.223 e. The van der Waals surface area contributed by atoms with Gasteiger partial charge in [-0.05, 0) is 49.0 Å². The third-order valence-corrected chi connectivity index (χ3v) is 7.59. The molecular weight excluding hydrogens is 417 g/mol. The van der Waals surface area contributed by atoms with Gasteiger partial charge in [0.15, 0.2) is 0 Å². The molecule has 0 spiro atoms. The zero-order valence-corrected chi connectivity index (χ0v) is 18.7. The number of amides is 1. The van der Waals surface area contributed by atoms with E-state index in [0.717, 1.165) is 39.1 Å². The third-order valence-electron chi connectivity index (χ3n) is 6.61. The van der Waals surface area contributed by atoms with Gasteiger partial charge < -0.3 is 15.8 Å². The Morgan fingerprint density at radius 2 is 1.93 bits per heavy atom. The number of nitrogens with two attached hydrogens (primary N) is 1. The topological polar surface area (TPSA) is 67.6 Å². The van der Waals surface area contributed by atoms with Crippen molar-refractivity contribution in [3.05, 3.63) is 22.4 Å². The second-order valence-corrected chi connectivity index (χ2v) is 9.10. The number of carbonyl (C=O) groups excluding carboxylic acids is 1. The van der Waals surface area contributed by atoms with Crippen molar-refractivity contribution in [2.75, 3.05) is 32.8 Å². The summed E-state index contributed by atoms with van der Waals surface area (Å²) in [6, 6.07) is 4.85. The van der Waals surface area contributed by atoms with Gasteiger partial charge >= 0.3 is 0 Å². The first-order valence-electron chi connectivity index (χ1n) is 10.1. The molecule has 2 heterocycles. The largest absolute Gasteiger partial charge is 0.379 e. The zero-order chi connectivity index (χ0) is 17.9. The van der Waals surface area contributed by atoms with Gasteiger partial charge in [0.25, 0.3) is 0 Å².